The second-order valence-electron chi connectivity index (χ2n) is 6.12. The summed E-state index contributed by atoms with van der Waals surface area (Å²) in [4.78, 5) is 11.9. The molecule has 150 valence electrons. The van der Waals surface area contributed by atoms with Crippen molar-refractivity contribution in [2.75, 3.05) is 10.0 Å². The van der Waals surface area contributed by atoms with Gasteiger partial charge in [0, 0.05) is 15.6 Å². The number of halogens is 3. The fraction of sp³-hybridized carbons (Fsp3) is 0.0500. The van der Waals surface area contributed by atoms with Gasteiger partial charge >= 0.3 is 0 Å². The van der Waals surface area contributed by atoms with Crippen LogP contribution < -0.4 is 10.0 Å². The van der Waals surface area contributed by atoms with Crippen molar-refractivity contribution in [2.24, 2.45) is 0 Å². The standard InChI is InChI=1S/C20H15Cl2FN2O3S/c1-12-16(22)6-3-7-18(12)25-29(27,28)15-8-9-19(17(23)11-15)24-20(26)13-4-2-5-14(21)10-13/h2-11,25H,1H3,(H,24,26). The van der Waals surface area contributed by atoms with Gasteiger partial charge < -0.3 is 5.32 Å². The van der Waals surface area contributed by atoms with Gasteiger partial charge in [0.25, 0.3) is 15.9 Å². The maximum absolute atomic E-state index is 14.5. The first-order valence-electron chi connectivity index (χ1n) is 8.32. The summed E-state index contributed by atoms with van der Waals surface area (Å²) in [5.74, 6) is -1.47. The Labute approximate surface area is 177 Å². The maximum Gasteiger partial charge on any atom is 0.262 e. The third-order valence-corrected chi connectivity index (χ3v) is 6.11. The number of sulfonamides is 1. The summed E-state index contributed by atoms with van der Waals surface area (Å²) in [7, 11) is -4.06. The molecule has 0 saturated carbocycles. The van der Waals surface area contributed by atoms with Crippen molar-refractivity contribution in [1.29, 1.82) is 0 Å². The lowest BCUT2D eigenvalue weighted by Gasteiger charge is -2.13. The fourth-order valence-corrected chi connectivity index (χ4v) is 4.01. The lowest BCUT2D eigenvalue weighted by molar-refractivity contribution is 0.102. The Morgan fingerprint density at radius 1 is 0.966 bits per heavy atom. The highest BCUT2D eigenvalue weighted by atomic mass is 35.5. The Morgan fingerprint density at radius 2 is 1.69 bits per heavy atom. The molecule has 0 saturated heterocycles. The zero-order valence-corrected chi connectivity index (χ0v) is 17.4. The normalized spacial score (nSPS) is 11.2. The highest BCUT2D eigenvalue weighted by Gasteiger charge is 2.19. The highest BCUT2D eigenvalue weighted by Crippen LogP contribution is 2.27. The number of benzene rings is 3. The number of amides is 1. The van der Waals surface area contributed by atoms with Crippen molar-refractivity contribution in [2.45, 2.75) is 11.8 Å². The molecule has 9 heteroatoms. The van der Waals surface area contributed by atoms with Gasteiger partial charge in [-0.25, -0.2) is 12.8 Å². The lowest BCUT2D eigenvalue weighted by Crippen LogP contribution is -2.16. The van der Waals surface area contributed by atoms with E-state index in [2.05, 4.69) is 10.0 Å². The molecule has 0 bridgehead atoms. The number of hydrogen-bond donors (Lipinski definition) is 2. The molecule has 3 aromatic carbocycles. The van der Waals surface area contributed by atoms with Crippen molar-refractivity contribution >= 4 is 50.5 Å². The Hall–Kier alpha value is -2.61. The van der Waals surface area contributed by atoms with Crippen LogP contribution in [0, 0.1) is 12.7 Å². The molecule has 0 aliphatic rings. The molecule has 0 heterocycles. The molecular formula is C20H15Cl2FN2O3S. The van der Waals surface area contributed by atoms with Crippen LogP contribution in [0.4, 0.5) is 15.8 Å². The van der Waals surface area contributed by atoms with Crippen LogP contribution in [-0.2, 0) is 10.0 Å². The lowest BCUT2D eigenvalue weighted by atomic mass is 10.2. The van der Waals surface area contributed by atoms with E-state index in [9.17, 15) is 17.6 Å². The summed E-state index contributed by atoms with van der Waals surface area (Å²) >= 11 is 11.8. The summed E-state index contributed by atoms with van der Waals surface area (Å²) in [6, 6.07) is 14.1. The van der Waals surface area contributed by atoms with E-state index in [1.165, 1.54) is 24.3 Å². The quantitative estimate of drug-likeness (QED) is 0.536. The molecule has 0 atom stereocenters. The van der Waals surface area contributed by atoms with Crippen LogP contribution in [0.1, 0.15) is 15.9 Å². The zero-order chi connectivity index (χ0) is 21.2. The number of carbonyl (C=O) groups is 1. The van der Waals surface area contributed by atoms with Gasteiger partial charge in [-0.05, 0) is 61.0 Å². The van der Waals surface area contributed by atoms with Gasteiger partial charge in [0.1, 0.15) is 5.82 Å². The van der Waals surface area contributed by atoms with Gasteiger partial charge in [-0.2, -0.15) is 0 Å². The number of hydrogen-bond acceptors (Lipinski definition) is 3. The first-order chi connectivity index (χ1) is 13.7. The van der Waals surface area contributed by atoms with Crippen molar-refractivity contribution in [3.63, 3.8) is 0 Å². The van der Waals surface area contributed by atoms with E-state index in [0.717, 1.165) is 6.07 Å². The molecular weight excluding hydrogens is 438 g/mol. The molecule has 3 rings (SSSR count). The third kappa shape index (κ3) is 4.87. The van der Waals surface area contributed by atoms with E-state index in [4.69, 9.17) is 23.2 Å². The minimum atomic E-state index is -4.06. The molecule has 0 spiro atoms. The average Bonchev–Trinajstić information content (AvgIpc) is 2.67. The van der Waals surface area contributed by atoms with Crippen LogP contribution in [0.15, 0.2) is 65.6 Å². The van der Waals surface area contributed by atoms with Crippen LogP contribution in [0.3, 0.4) is 0 Å². The Morgan fingerprint density at radius 3 is 2.38 bits per heavy atom. The Bertz CT molecular complexity index is 1200. The van der Waals surface area contributed by atoms with Crippen molar-refractivity contribution < 1.29 is 17.6 Å². The van der Waals surface area contributed by atoms with E-state index < -0.39 is 21.7 Å². The first kappa shape index (κ1) is 21.1. The number of carbonyl (C=O) groups excluding carboxylic acids is 1. The molecule has 0 radical (unpaired) electrons. The van der Waals surface area contributed by atoms with Crippen LogP contribution in [0.5, 0.6) is 0 Å². The van der Waals surface area contributed by atoms with Crippen LogP contribution in [0.2, 0.25) is 10.0 Å². The number of nitrogens with one attached hydrogen (secondary N) is 2. The topological polar surface area (TPSA) is 75.3 Å². The van der Waals surface area contributed by atoms with Gasteiger partial charge in [-0.15, -0.1) is 0 Å². The molecule has 2 N–H and O–H groups in total. The second kappa shape index (κ2) is 8.41. The smallest absolute Gasteiger partial charge is 0.262 e. The van der Waals surface area contributed by atoms with Crippen LogP contribution >= 0.6 is 23.2 Å². The molecule has 0 unspecified atom stereocenters. The minimum absolute atomic E-state index is 0.159. The first-order valence-corrected chi connectivity index (χ1v) is 10.6. The number of anilines is 2. The minimum Gasteiger partial charge on any atom is -0.319 e. The number of rotatable bonds is 5. The van der Waals surface area contributed by atoms with E-state index in [0.29, 0.717) is 15.6 Å². The fourth-order valence-electron chi connectivity index (χ4n) is 2.51. The summed E-state index contributed by atoms with van der Waals surface area (Å²) < 4.78 is 42.0. The van der Waals surface area contributed by atoms with Gasteiger partial charge in [-0.1, -0.05) is 35.3 Å². The van der Waals surface area contributed by atoms with Gasteiger partial charge in [0.05, 0.1) is 16.3 Å². The average molecular weight is 453 g/mol. The zero-order valence-electron chi connectivity index (χ0n) is 15.0. The van der Waals surface area contributed by atoms with E-state index >= 15 is 0 Å². The predicted octanol–water partition coefficient (Wildman–Crippen LogP) is 5.49. The van der Waals surface area contributed by atoms with Gasteiger partial charge in [0.2, 0.25) is 0 Å². The molecule has 0 fully saturated rings. The van der Waals surface area contributed by atoms with Crippen molar-refractivity contribution in [3.05, 3.63) is 87.7 Å². The molecule has 0 aromatic heterocycles. The summed E-state index contributed by atoms with van der Waals surface area (Å²) in [5, 5.41) is 3.15. The molecule has 29 heavy (non-hydrogen) atoms. The summed E-state index contributed by atoms with van der Waals surface area (Å²) in [6.45, 7) is 1.66. The predicted molar refractivity (Wildman–Crippen MR) is 113 cm³/mol. The third-order valence-electron chi connectivity index (χ3n) is 4.10. The summed E-state index contributed by atoms with van der Waals surface area (Å²) in [6.07, 6.45) is 0. The SMILES string of the molecule is Cc1c(Cl)cccc1NS(=O)(=O)c1ccc(NC(=O)c2cccc(Cl)c2)c(F)c1. The molecule has 1 amide bonds. The van der Waals surface area contributed by atoms with Crippen LogP contribution in [-0.4, -0.2) is 14.3 Å². The molecule has 0 aliphatic carbocycles. The molecule has 0 aliphatic heterocycles. The van der Waals surface area contributed by atoms with E-state index in [1.807, 2.05) is 0 Å². The summed E-state index contributed by atoms with van der Waals surface area (Å²) in [5.41, 5.74) is 0.916. The monoisotopic (exact) mass is 452 g/mol. The van der Waals surface area contributed by atoms with E-state index in [-0.39, 0.29) is 21.8 Å². The largest absolute Gasteiger partial charge is 0.319 e. The highest BCUT2D eigenvalue weighted by molar-refractivity contribution is 7.92. The molecule has 5 nitrogen and oxygen atoms in total. The van der Waals surface area contributed by atoms with Crippen molar-refractivity contribution in [1.82, 2.24) is 0 Å². The van der Waals surface area contributed by atoms with Gasteiger partial charge in [0.15, 0.2) is 0 Å². The van der Waals surface area contributed by atoms with Crippen molar-refractivity contribution in [3.8, 4) is 0 Å². The Kier molecular flexibility index (Phi) is 6.12. The maximum atomic E-state index is 14.5. The second-order valence-corrected chi connectivity index (χ2v) is 8.65. The van der Waals surface area contributed by atoms with E-state index in [1.54, 1.807) is 37.3 Å². The van der Waals surface area contributed by atoms with Crippen LogP contribution in [0.25, 0.3) is 0 Å². The molecule has 3 aromatic rings. The van der Waals surface area contributed by atoms with Gasteiger partial charge in [-0.3, -0.25) is 9.52 Å². The Balaban J connectivity index is 1.83.